The number of hydrogen-bond acceptors (Lipinski definition) is 2. The minimum atomic E-state index is -0.241. The fourth-order valence-electron chi connectivity index (χ4n) is 1.48. The Morgan fingerprint density at radius 1 is 1.06 bits per heavy atom. The van der Waals surface area contributed by atoms with E-state index in [0.29, 0.717) is 0 Å². The number of halogens is 1. The zero-order valence-electron chi connectivity index (χ0n) is 9.00. The average Bonchev–Trinajstić information content (AvgIpc) is 2.28. The molecule has 3 heteroatoms. The maximum Gasteiger partial charge on any atom is 0.123 e. The Morgan fingerprint density at radius 3 is 2.44 bits per heavy atom. The monoisotopic (exact) mass is 216 g/mol. The molecule has 0 saturated carbocycles. The van der Waals surface area contributed by atoms with Crippen molar-refractivity contribution in [3.63, 3.8) is 0 Å². The van der Waals surface area contributed by atoms with E-state index in [2.05, 4.69) is 5.32 Å². The van der Waals surface area contributed by atoms with Crippen LogP contribution >= 0.6 is 0 Å². The molecule has 2 aromatic carbocycles. The standard InChI is InChI=1S/C13H13FN2/c1-9-12(15)3-2-4-13(9)16-11-7-5-10(14)6-8-11/h2-8,16H,15H2,1H3. The number of nitrogens with one attached hydrogen (secondary N) is 1. The van der Waals surface area contributed by atoms with Gasteiger partial charge in [-0.15, -0.1) is 0 Å². The van der Waals surface area contributed by atoms with Crippen LogP contribution in [-0.4, -0.2) is 0 Å². The molecule has 0 saturated heterocycles. The van der Waals surface area contributed by atoms with Gasteiger partial charge in [-0.25, -0.2) is 4.39 Å². The lowest BCUT2D eigenvalue weighted by Gasteiger charge is -2.10. The van der Waals surface area contributed by atoms with E-state index in [1.165, 1.54) is 12.1 Å². The predicted molar refractivity (Wildman–Crippen MR) is 65.3 cm³/mol. The van der Waals surface area contributed by atoms with Crippen LogP contribution in [0.5, 0.6) is 0 Å². The summed E-state index contributed by atoms with van der Waals surface area (Å²) in [6.45, 7) is 1.95. The largest absolute Gasteiger partial charge is 0.398 e. The van der Waals surface area contributed by atoms with Gasteiger partial charge in [0.05, 0.1) is 0 Å². The number of anilines is 3. The van der Waals surface area contributed by atoms with Gasteiger partial charge in [0.2, 0.25) is 0 Å². The van der Waals surface area contributed by atoms with Gasteiger partial charge in [0.15, 0.2) is 0 Å². The quantitative estimate of drug-likeness (QED) is 0.754. The Balaban J connectivity index is 2.27. The summed E-state index contributed by atoms with van der Waals surface area (Å²) in [5.41, 5.74) is 9.31. The van der Waals surface area contributed by atoms with E-state index in [1.54, 1.807) is 12.1 Å². The molecular formula is C13H13FN2. The zero-order chi connectivity index (χ0) is 11.5. The van der Waals surface area contributed by atoms with Crippen molar-refractivity contribution >= 4 is 17.1 Å². The minimum Gasteiger partial charge on any atom is -0.398 e. The summed E-state index contributed by atoms with van der Waals surface area (Å²) in [5, 5.41) is 3.19. The van der Waals surface area contributed by atoms with Gasteiger partial charge >= 0.3 is 0 Å². The van der Waals surface area contributed by atoms with Crippen molar-refractivity contribution in [1.29, 1.82) is 0 Å². The van der Waals surface area contributed by atoms with Crippen molar-refractivity contribution in [1.82, 2.24) is 0 Å². The molecule has 0 aliphatic carbocycles. The van der Waals surface area contributed by atoms with Crippen molar-refractivity contribution in [3.05, 3.63) is 53.8 Å². The lowest BCUT2D eigenvalue weighted by molar-refractivity contribution is 0.628. The van der Waals surface area contributed by atoms with Crippen LogP contribution in [0.25, 0.3) is 0 Å². The van der Waals surface area contributed by atoms with Crippen LogP contribution in [0.3, 0.4) is 0 Å². The minimum absolute atomic E-state index is 0.241. The van der Waals surface area contributed by atoms with E-state index in [1.807, 2.05) is 25.1 Å². The highest BCUT2D eigenvalue weighted by molar-refractivity contribution is 5.68. The van der Waals surface area contributed by atoms with E-state index in [4.69, 9.17) is 5.73 Å². The highest BCUT2D eigenvalue weighted by atomic mass is 19.1. The molecule has 2 rings (SSSR count). The maximum atomic E-state index is 12.7. The Labute approximate surface area is 93.9 Å². The smallest absolute Gasteiger partial charge is 0.123 e. The molecule has 0 fully saturated rings. The summed E-state index contributed by atoms with van der Waals surface area (Å²) >= 11 is 0. The molecule has 2 aromatic rings. The molecule has 3 N–H and O–H groups in total. The molecule has 0 aliphatic heterocycles. The Morgan fingerprint density at radius 2 is 1.75 bits per heavy atom. The van der Waals surface area contributed by atoms with E-state index in [-0.39, 0.29) is 5.82 Å². The van der Waals surface area contributed by atoms with Crippen LogP contribution in [0, 0.1) is 12.7 Å². The highest BCUT2D eigenvalue weighted by Gasteiger charge is 2.01. The van der Waals surface area contributed by atoms with Crippen molar-refractivity contribution in [2.75, 3.05) is 11.1 Å². The molecule has 0 amide bonds. The molecule has 0 aliphatic rings. The third kappa shape index (κ3) is 2.14. The first-order chi connectivity index (χ1) is 7.66. The molecule has 0 heterocycles. The normalized spacial score (nSPS) is 10.1. The van der Waals surface area contributed by atoms with E-state index in [9.17, 15) is 4.39 Å². The number of nitrogen functional groups attached to an aromatic ring is 1. The molecule has 16 heavy (non-hydrogen) atoms. The summed E-state index contributed by atoms with van der Waals surface area (Å²) in [6, 6.07) is 11.9. The SMILES string of the molecule is Cc1c(N)cccc1Nc1ccc(F)cc1. The number of rotatable bonds is 2. The van der Waals surface area contributed by atoms with Crippen molar-refractivity contribution < 1.29 is 4.39 Å². The summed E-state index contributed by atoms with van der Waals surface area (Å²) in [7, 11) is 0. The van der Waals surface area contributed by atoms with Crippen molar-refractivity contribution in [2.24, 2.45) is 0 Å². The first-order valence-electron chi connectivity index (χ1n) is 5.04. The predicted octanol–water partition coefficient (Wildman–Crippen LogP) is 3.46. The second-order valence-corrected chi connectivity index (χ2v) is 3.65. The number of benzene rings is 2. The van der Waals surface area contributed by atoms with E-state index in [0.717, 1.165) is 22.6 Å². The van der Waals surface area contributed by atoms with Gasteiger partial charge < -0.3 is 11.1 Å². The van der Waals surface area contributed by atoms with Gasteiger partial charge in [-0.1, -0.05) is 6.07 Å². The Bertz CT molecular complexity index is 492. The van der Waals surface area contributed by atoms with Crippen LogP contribution < -0.4 is 11.1 Å². The van der Waals surface area contributed by atoms with Gasteiger partial charge in [-0.2, -0.15) is 0 Å². The molecule has 0 atom stereocenters. The fraction of sp³-hybridized carbons (Fsp3) is 0.0769. The van der Waals surface area contributed by atoms with Gasteiger partial charge in [0, 0.05) is 17.1 Å². The topological polar surface area (TPSA) is 38.0 Å². The molecule has 82 valence electrons. The molecule has 2 nitrogen and oxygen atoms in total. The summed E-state index contributed by atoms with van der Waals surface area (Å²) in [5.74, 6) is -0.241. The third-order valence-corrected chi connectivity index (χ3v) is 2.50. The molecule has 0 spiro atoms. The summed E-state index contributed by atoms with van der Waals surface area (Å²) in [6.07, 6.45) is 0. The van der Waals surface area contributed by atoms with Crippen molar-refractivity contribution in [3.8, 4) is 0 Å². The van der Waals surface area contributed by atoms with Gasteiger partial charge in [-0.05, 0) is 48.9 Å². The van der Waals surface area contributed by atoms with Crippen LogP contribution in [0.4, 0.5) is 21.5 Å². The van der Waals surface area contributed by atoms with Crippen LogP contribution in [-0.2, 0) is 0 Å². The van der Waals surface area contributed by atoms with Gasteiger partial charge in [0.25, 0.3) is 0 Å². The second-order valence-electron chi connectivity index (χ2n) is 3.65. The Kier molecular flexibility index (Phi) is 2.77. The lowest BCUT2D eigenvalue weighted by atomic mass is 10.1. The highest BCUT2D eigenvalue weighted by Crippen LogP contribution is 2.24. The lowest BCUT2D eigenvalue weighted by Crippen LogP contribution is -1.96. The van der Waals surface area contributed by atoms with E-state index >= 15 is 0 Å². The van der Waals surface area contributed by atoms with Crippen LogP contribution in [0.1, 0.15) is 5.56 Å². The maximum absolute atomic E-state index is 12.7. The first kappa shape index (κ1) is 10.5. The van der Waals surface area contributed by atoms with Gasteiger partial charge in [-0.3, -0.25) is 0 Å². The number of nitrogens with two attached hydrogens (primary N) is 1. The van der Waals surface area contributed by atoms with Gasteiger partial charge in [0.1, 0.15) is 5.82 Å². The molecule has 0 unspecified atom stereocenters. The zero-order valence-corrected chi connectivity index (χ0v) is 9.00. The van der Waals surface area contributed by atoms with Crippen LogP contribution in [0.15, 0.2) is 42.5 Å². The van der Waals surface area contributed by atoms with Crippen molar-refractivity contribution in [2.45, 2.75) is 6.92 Å². The van der Waals surface area contributed by atoms with E-state index < -0.39 is 0 Å². The molecule has 0 bridgehead atoms. The fourth-order valence-corrected chi connectivity index (χ4v) is 1.48. The molecular weight excluding hydrogens is 203 g/mol. The number of hydrogen-bond donors (Lipinski definition) is 2. The summed E-state index contributed by atoms with van der Waals surface area (Å²) in [4.78, 5) is 0. The first-order valence-corrected chi connectivity index (χ1v) is 5.04. The second kappa shape index (κ2) is 4.23. The molecule has 0 aromatic heterocycles. The Hall–Kier alpha value is -2.03. The third-order valence-electron chi connectivity index (χ3n) is 2.50. The molecule has 0 radical (unpaired) electrons. The van der Waals surface area contributed by atoms with Crippen LogP contribution in [0.2, 0.25) is 0 Å². The summed E-state index contributed by atoms with van der Waals surface area (Å²) < 4.78 is 12.7. The average molecular weight is 216 g/mol.